The van der Waals surface area contributed by atoms with E-state index in [1.54, 1.807) is 11.3 Å². The van der Waals surface area contributed by atoms with Crippen LogP contribution in [0.25, 0.3) is 0 Å². The van der Waals surface area contributed by atoms with Gasteiger partial charge in [-0.25, -0.2) is 4.79 Å². The quantitative estimate of drug-likeness (QED) is 0.465. The molecule has 0 aliphatic heterocycles. The van der Waals surface area contributed by atoms with Crippen molar-refractivity contribution < 1.29 is 9.53 Å². The second-order valence-corrected chi connectivity index (χ2v) is 5.76. The van der Waals surface area contributed by atoms with Crippen molar-refractivity contribution in [3.8, 4) is 0 Å². The third kappa shape index (κ3) is 4.51. The number of carbonyl (C=O) groups is 1. The van der Waals surface area contributed by atoms with Gasteiger partial charge in [0.25, 0.3) is 0 Å². The van der Waals surface area contributed by atoms with Gasteiger partial charge in [0.05, 0.1) is 6.10 Å². The monoisotopic (exact) mass is 338 g/mol. The molecule has 4 heteroatoms. The van der Waals surface area contributed by atoms with Crippen LogP contribution >= 0.6 is 33.9 Å². The summed E-state index contributed by atoms with van der Waals surface area (Å²) in [6.45, 7) is 3.73. The molecule has 1 heterocycles. The van der Waals surface area contributed by atoms with E-state index in [1.807, 2.05) is 26.0 Å². The Hall–Kier alpha value is -0.100. The van der Waals surface area contributed by atoms with Gasteiger partial charge in [-0.3, -0.25) is 0 Å². The molecule has 0 N–H and O–H groups in total. The minimum atomic E-state index is -0.198. The van der Waals surface area contributed by atoms with Gasteiger partial charge < -0.3 is 4.74 Å². The Morgan fingerprint density at radius 2 is 2.27 bits per heavy atom. The number of hydrogen-bond donors (Lipinski definition) is 0. The zero-order chi connectivity index (χ0) is 11.3. The van der Waals surface area contributed by atoms with Gasteiger partial charge in [0, 0.05) is 4.88 Å². The number of thiophene rings is 1. The molecule has 0 aliphatic carbocycles. The number of halogens is 1. The van der Waals surface area contributed by atoms with Crippen LogP contribution in [0.3, 0.4) is 0 Å². The normalized spacial score (nSPS) is 10.7. The van der Waals surface area contributed by atoms with Gasteiger partial charge in [0.15, 0.2) is 0 Å². The highest BCUT2D eigenvalue weighted by Gasteiger charge is 2.11. The zero-order valence-electron chi connectivity index (χ0n) is 8.96. The number of rotatable bonds is 5. The van der Waals surface area contributed by atoms with Gasteiger partial charge in [0.2, 0.25) is 0 Å². The van der Waals surface area contributed by atoms with Crippen LogP contribution in [0.5, 0.6) is 0 Å². The summed E-state index contributed by atoms with van der Waals surface area (Å²) in [4.78, 5) is 13.5. The fourth-order valence-electron chi connectivity index (χ4n) is 1.14. The highest BCUT2D eigenvalue weighted by atomic mass is 127. The number of aryl methyl sites for hydroxylation is 1. The first-order valence-electron chi connectivity index (χ1n) is 4.99. The van der Waals surface area contributed by atoms with E-state index in [1.165, 1.54) is 11.3 Å². The van der Waals surface area contributed by atoms with E-state index >= 15 is 0 Å². The lowest BCUT2D eigenvalue weighted by Gasteiger charge is -2.05. The lowest BCUT2D eigenvalue weighted by atomic mass is 10.3. The van der Waals surface area contributed by atoms with Crippen LogP contribution in [0.15, 0.2) is 12.1 Å². The van der Waals surface area contributed by atoms with Crippen molar-refractivity contribution in [2.75, 3.05) is 4.43 Å². The van der Waals surface area contributed by atoms with E-state index in [0.717, 1.165) is 10.8 Å². The maximum atomic E-state index is 11.5. The van der Waals surface area contributed by atoms with E-state index in [4.69, 9.17) is 4.74 Å². The minimum absolute atomic E-state index is 0.0441. The first-order chi connectivity index (χ1) is 7.13. The fourth-order valence-corrected chi connectivity index (χ4v) is 2.45. The Kier molecular flexibility index (Phi) is 5.60. The van der Waals surface area contributed by atoms with Crippen LogP contribution in [0.1, 0.15) is 34.8 Å². The van der Waals surface area contributed by atoms with Crippen LogP contribution in [-0.2, 0) is 11.2 Å². The Labute approximate surface area is 108 Å². The van der Waals surface area contributed by atoms with Crippen LogP contribution in [0.2, 0.25) is 0 Å². The Balaban J connectivity index is 2.55. The molecule has 0 amide bonds. The van der Waals surface area contributed by atoms with Crippen molar-refractivity contribution >= 4 is 39.9 Å². The summed E-state index contributed by atoms with van der Waals surface area (Å²) in [6, 6.07) is 3.88. The molecule has 0 atom stereocenters. The molecular formula is C11H15IO2S. The largest absolute Gasteiger partial charge is 0.459 e. The van der Waals surface area contributed by atoms with Gasteiger partial charge in [-0.2, -0.15) is 0 Å². The standard InChI is InChI=1S/C11H15IO2S/c1-8(2)14-11(13)10-6-5-9(15-10)4-3-7-12/h5-6,8H,3-4,7H2,1-2H3. The molecule has 2 nitrogen and oxygen atoms in total. The molecule has 1 rings (SSSR count). The average Bonchev–Trinajstić information content (AvgIpc) is 2.62. The summed E-state index contributed by atoms with van der Waals surface area (Å²) in [7, 11) is 0. The Bertz CT molecular complexity index is 320. The summed E-state index contributed by atoms with van der Waals surface area (Å²) < 4.78 is 6.28. The summed E-state index contributed by atoms with van der Waals surface area (Å²) in [6.07, 6.45) is 2.18. The Morgan fingerprint density at radius 3 is 2.87 bits per heavy atom. The highest BCUT2D eigenvalue weighted by molar-refractivity contribution is 14.1. The third-order valence-electron chi connectivity index (χ3n) is 1.76. The molecule has 1 aromatic heterocycles. The second-order valence-electron chi connectivity index (χ2n) is 3.51. The summed E-state index contributed by atoms with van der Waals surface area (Å²) in [5, 5.41) is 0. The van der Waals surface area contributed by atoms with E-state index < -0.39 is 0 Å². The topological polar surface area (TPSA) is 26.3 Å². The molecule has 0 radical (unpaired) electrons. The van der Waals surface area contributed by atoms with Gasteiger partial charge in [-0.15, -0.1) is 11.3 Å². The molecule has 0 aromatic carbocycles. The molecule has 0 saturated heterocycles. The maximum Gasteiger partial charge on any atom is 0.348 e. The second kappa shape index (κ2) is 6.48. The van der Waals surface area contributed by atoms with Crippen molar-refractivity contribution in [1.29, 1.82) is 0 Å². The highest BCUT2D eigenvalue weighted by Crippen LogP contribution is 2.19. The predicted molar refractivity (Wildman–Crippen MR) is 72.1 cm³/mol. The summed E-state index contributed by atoms with van der Waals surface area (Å²) in [5.74, 6) is -0.198. The lowest BCUT2D eigenvalue weighted by molar-refractivity contribution is 0.0384. The SMILES string of the molecule is CC(C)OC(=O)c1ccc(CCCI)s1. The van der Waals surface area contributed by atoms with E-state index in [2.05, 4.69) is 22.6 Å². The molecule has 1 aromatic rings. The van der Waals surface area contributed by atoms with Crippen LogP contribution in [0.4, 0.5) is 0 Å². The smallest absolute Gasteiger partial charge is 0.348 e. The van der Waals surface area contributed by atoms with Crippen molar-refractivity contribution in [3.05, 3.63) is 21.9 Å². The van der Waals surface area contributed by atoms with E-state index in [9.17, 15) is 4.79 Å². The molecule has 0 fully saturated rings. The predicted octanol–water partition coefficient (Wildman–Crippen LogP) is 3.68. The number of alkyl halides is 1. The van der Waals surface area contributed by atoms with Gasteiger partial charge in [-0.05, 0) is 43.2 Å². The van der Waals surface area contributed by atoms with Crippen molar-refractivity contribution in [3.63, 3.8) is 0 Å². The van der Waals surface area contributed by atoms with Crippen molar-refractivity contribution in [2.24, 2.45) is 0 Å². The minimum Gasteiger partial charge on any atom is -0.459 e. The van der Waals surface area contributed by atoms with E-state index in [0.29, 0.717) is 4.88 Å². The summed E-state index contributed by atoms with van der Waals surface area (Å²) >= 11 is 3.91. The number of hydrogen-bond acceptors (Lipinski definition) is 3. The number of carbonyl (C=O) groups excluding carboxylic acids is 1. The number of esters is 1. The molecule has 0 unspecified atom stereocenters. The molecular weight excluding hydrogens is 323 g/mol. The fraction of sp³-hybridized carbons (Fsp3) is 0.545. The van der Waals surface area contributed by atoms with Crippen LogP contribution in [0, 0.1) is 0 Å². The van der Waals surface area contributed by atoms with Crippen LogP contribution < -0.4 is 0 Å². The molecule has 0 saturated carbocycles. The maximum absolute atomic E-state index is 11.5. The summed E-state index contributed by atoms with van der Waals surface area (Å²) in [5.41, 5.74) is 0. The van der Waals surface area contributed by atoms with Crippen molar-refractivity contribution in [2.45, 2.75) is 32.8 Å². The molecule has 0 bridgehead atoms. The molecule has 0 aliphatic rings. The molecule has 84 valence electrons. The van der Waals surface area contributed by atoms with Gasteiger partial charge >= 0.3 is 5.97 Å². The first kappa shape index (κ1) is 13.0. The van der Waals surface area contributed by atoms with Gasteiger partial charge in [0.1, 0.15) is 4.88 Å². The lowest BCUT2D eigenvalue weighted by Crippen LogP contribution is -2.09. The van der Waals surface area contributed by atoms with Crippen molar-refractivity contribution in [1.82, 2.24) is 0 Å². The third-order valence-corrected chi connectivity index (χ3v) is 3.65. The Morgan fingerprint density at radius 1 is 1.53 bits per heavy atom. The van der Waals surface area contributed by atoms with Gasteiger partial charge in [-0.1, -0.05) is 22.6 Å². The number of ether oxygens (including phenoxy) is 1. The molecule has 0 spiro atoms. The van der Waals surface area contributed by atoms with E-state index in [-0.39, 0.29) is 12.1 Å². The average molecular weight is 338 g/mol. The first-order valence-corrected chi connectivity index (χ1v) is 7.33. The zero-order valence-corrected chi connectivity index (χ0v) is 11.9. The molecule has 15 heavy (non-hydrogen) atoms. The van der Waals surface area contributed by atoms with Crippen LogP contribution in [-0.4, -0.2) is 16.5 Å².